The van der Waals surface area contributed by atoms with Crippen LogP contribution in [0.1, 0.15) is 16.9 Å². The molecule has 1 aromatic carbocycles. The Hall–Kier alpha value is -1.81. The van der Waals surface area contributed by atoms with Crippen molar-refractivity contribution in [1.82, 2.24) is 5.32 Å². The number of nitrogens with one attached hydrogen (secondary N) is 2. The summed E-state index contributed by atoms with van der Waals surface area (Å²) in [7, 11) is 0. The van der Waals surface area contributed by atoms with Gasteiger partial charge in [0, 0.05) is 5.69 Å². The van der Waals surface area contributed by atoms with E-state index in [2.05, 4.69) is 36.6 Å². The van der Waals surface area contributed by atoms with Gasteiger partial charge < -0.3 is 15.1 Å². The number of anilines is 1. The molecule has 0 radical (unpaired) electrons. The summed E-state index contributed by atoms with van der Waals surface area (Å²) in [6.07, 6.45) is 1.65. The molecule has 18 heavy (non-hydrogen) atoms. The van der Waals surface area contributed by atoms with Crippen LogP contribution in [0.2, 0.25) is 0 Å². The Balaban J connectivity index is 1.88. The third-order valence-electron chi connectivity index (χ3n) is 2.77. The van der Waals surface area contributed by atoms with Crippen LogP contribution in [0.15, 0.2) is 41.0 Å². The van der Waals surface area contributed by atoms with Crippen molar-refractivity contribution in [3.05, 3.63) is 53.5 Å². The molecule has 0 saturated carbocycles. The summed E-state index contributed by atoms with van der Waals surface area (Å²) in [5, 5.41) is 6.84. The Morgan fingerprint density at radius 3 is 2.72 bits per heavy atom. The van der Waals surface area contributed by atoms with Gasteiger partial charge in [-0.2, -0.15) is 0 Å². The first-order valence-corrected chi connectivity index (χ1v) is 6.20. The van der Waals surface area contributed by atoms with Crippen LogP contribution in [0, 0.1) is 13.8 Å². The zero-order chi connectivity index (χ0) is 13.0. The predicted octanol–water partition coefficient (Wildman–Crippen LogP) is 3.38. The number of aryl methyl sites for hydroxylation is 2. The van der Waals surface area contributed by atoms with Gasteiger partial charge in [0.25, 0.3) is 0 Å². The molecule has 2 N–H and O–H groups in total. The van der Waals surface area contributed by atoms with Crippen LogP contribution < -0.4 is 10.6 Å². The van der Waals surface area contributed by atoms with Crippen molar-refractivity contribution >= 4 is 23.0 Å². The Morgan fingerprint density at radius 2 is 2.06 bits per heavy atom. The summed E-state index contributed by atoms with van der Waals surface area (Å²) in [4.78, 5) is 0. The van der Waals surface area contributed by atoms with Crippen LogP contribution in [-0.2, 0) is 6.54 Å². The third kappa shape index (κ3) is 3.34. The van der Waals surface area contributed by atoms with E-state index >= 15 is 0 Å². The number of hydrogen-bond donors (Lipinski definition) is 2. The van der Waals surface area contributed by atoms with E-state index < -0.39 is 0 Å². The number of benzene rings is 1. The monoisotopic (exact) mass is 260 g/mol. The average molecular weight is 260 g/mol. The summed E-state index contributed by atoms with van der Waals surface area (Å²) in [5.41, 5.74) is 3.51. The van der Waals surface area contributed by atoms with Gasteiger partial charge in [-0.1, -0.05) is 6.07 Å². The van der Waals surface area contributed by atoms with Gasteiger partial charge >= 0.3 is 0 Å². The smallest absolute Gasteiger partial charge is 0.171 e. The summed E-state index contributed by atoms with van der Waals surface area (Å²) in [6, 6.07) is 9.94. The molecule has 0 saturated heterocycles. The molecule has 3 nitrogen and oxygen atoms in total. The zero-order valence-corrected chi connectivity index (χ0v) is 11.3. The summed E-state index contributed by atoms with van der Waals surface area (Å²) in [5.74, 6) is 0.860. The van der Waals surface area contributed by atoms with E-state index in [0.29, 0.717) is 11.7 Å². The Morgan fingerprint density at radius 1 is 1.22 bits per heavy atom. The van der Waals surface area contributed by atoms with E-state index in [4.69, 9.17) is 16.6 Å². The molecule has 0 unspecified atom stereocenters. The van der Waals surface area contributed by atoms with Gasteiger partial charge in [-0.05, 0) is 61.5 Å². The molecule has 0 bridgehead atoms. The van der Waals surface area contributed by atoms with E-state index in [1.165, 1.54) is 11.1 Å². The highest BCUT2D eigenvalue weighted by atomic mass is 32.1. The molecular weight excluding hydrogens is 244 g/mol. The molecule has 4 heteroatoms. The van der Waals surface area contributed by atoms with Crippen molar-refractivity contribution in [2.75, 3.05) is 5.32 Å². The highest BCUT2D eigenvalue weighted by Gasteiger charge is 2.00. The van der Waals surface area contributed by atoms with E-state index in [1.807, 2.05) is 18.2 Å². The fraction of sp³-hybridized carbons (Fsp3) is 0.214. The van der Waals surface area contributed by atoms with Gasteiger partial charge in [-0.3, -0.25) is 0 Å². The lowest BCUT2D eigenvalue weighted by Crippen LogP contribution is -2.27. The fourth-order valence-electron chi connectivity index (χ4n) is 1.58. The Bertz CT molecular complexity index is 535. The SMILES string of the molecule is Cc1ccc(NC(=S)NCc2ccco2)cc1C. The molecule has 0 spiro atoms. The first-order chi connectivity index (χ1) is 8.65. The quantitative estimate of drug-likeness (QED) is 0.830. The van der Waals surface area contributed by atoms with Crippen LogP contribution in [0.5, 0.6) is 0 Å². The van der Waals surface area contributed by atoms with E-state index in [9.17, 15) is 0 Å². The highest BCUT2D eigenvalue weighted by Crippen LogP contribution is 2.13. The van der Waals surface area contributed by atoms with Crippen LogP contribution in [0.25, 0.3) is 0 Å². The second kappa shape index (κ2) is 5.69. The fourth-order valence-corrected chi connectivity index (χ4v) is 1.77. The lowest BCUT2D eigenvalue weighted by molar-refractivity contribution is 0.503. The molecule has 0 atom stereocenters. The standard InChI is InChI=1S/C14H16N2OS/c1-10-5-6-12(8-11(10)2)16-14(18)15-9-13-4-3-7-17-13/h3-8H,9H2,1-2H3,(H2,15,16,18). The molecule has 2 rings (SSSR count). The molecule has 1 aromatic heterocycles. The summed E-state index contributed by atoms with van der Waals surface area (Å²) >= 11 is 5.22. The minimum absolute atomic E-state index is 0.587. The topological polar surface area (TPSA) is 37.2 Å². The van der Waals surface area contributed by atoms with Crippen molar-refractivity contribution in [2.45, 2.75) is 20.4 Å². The minimum atomic E-state index is 0.587. The first-order valence-electron chi connectivity index (χ1n) is 5.79. The zero-order valence-electron chi connectivity index (χ0n) is 10.5. The van der Waals surface area contributed by atoms with E-state index in [-0.39, 0.29) is 0 Å². The maximum Gasteiger partial charge on any atom is 0.171 e. The van der Waals surface area contributed by atoms with Crippen LogP contribution in [0.3, 0.4) is 0 Å². The van der Waals surface area contributed by atoms with Gasteiger partial charge in [0.1, 0.15) is 5.76 Å². The molecule has 0 aliphatic heterocycles. The second-order valence-corrected chi connectivity index (χ2v) is 4.59. The molecule has 0 fully saturated rings. The van der Waals surface area contributed by atoms with Crippen LogP contribution >= 0.6 is 12.2 Å². The van der Waals surface area contributed by atoms with Gasteiger partial charge in [-0.15, -0.1) is 0 Å². The maximum atomic E-state index is 5.22. The molecule has 0 amide bonds. The molecule has 0 aliphatic rings. The van der Waals surface area contributed by atoms with Crippen molar-refractivity contribution < 1.29 is 4.42 Å². The van der Waals surface area contributed by atoms with Crippen molar-refractivity contribution in [3.63, 3.8) is 0 Å². The first kappa shape index (κ1) is 12.6. The normalized spacial score (nSPS) is 10.1. The van der Waals surface area contributed by atoms with Crippen molar-refractivity contribution in [1.29, 1.82) is 0 Å². The summed E-state index contributed by atoms with van der Waals surface area (Å²) < 4.78 is 5.22. The Labute approximate surface area is 112 Å². The van der Waals surface area contributed by atoms with Gasteiger partial charge in [0.2, 0.25) is 0 Å². The van der Waals surface area contributed by atoms with E-state index in [0.717, 1.165) is 11.4 Å². The average Bonchev–Trinajstić information content (AvgIpc) is 2.84. The van der Waals surface area contributed by atoms with E-state index in [1.54, 1.807) is 6.26 Å². The molecule has 0 aliphatic carbocycles. The second-order valence-electron chi connectivity index (χ2n) is 4.19. The van der Waals surface area contributed by atoms with Crippen LogP contribution in [0.4, 0.5) is 5.69 Å². The van der Waals surface area contributed by atoms with Crippen LogP contribution in [-0.4, -0.2) is 5.11 Å². The number of furan rings is 1. The molecule has 1 heterocycles. The largest absolute Gasteiger partial charge is 0.467 e. The number of thiocarbonyl (C=S) groups is 1. The molecule has 2 aromatic rings. The number of hydrogen-bond acceptors (Lipinski definition) is 2. The maximum absolute atomic E-state index is 5.22. The van der Waals surface area contributed by atoms with Gasteiger partial charge in [0.15, 0.2) is 5.11 Å². The molecular formula is C14H16N2OS. The lowest BCUT2D eigenvalue weighted by Gasteiger charge is -2.10. The third-order valence-corrected chi connectivity index (χ3v) is 3.01. The Kier molecular flexibility index (Phi) is 3.99. The van der Waals surface area contributed by atoms with Crippen molar-refractivity contribution in [3.8, 4) is 0 Å². The predicted molar refractivity (Wildman–Crippen MR) is 77.7 cm³/mol. The number of rotatable bonds is 3. The summed E-state index contributed by atoms with van der Waals surface area (Å²) in [6.45, 7) is 4.76. The van der Waals surface area contributed by atoms with Gasteiger partial charge in [0.05, 0.1) is 12.8 Å². The lowest BCUT2D eigenvalue weighted by atomic mass is 10.1. The van der Waals surface area contributed by atoms with Crippen molar-refractivity contribution in [2.24, 2.45) is 0 Å². The molecule has 94 valence electrons. The highest BCUT2D eigenvalue weighted by molar-refractivity contribution is 7.80. The van der Waals surface area contributed by atoms with Gasteiger partial charge in [-0.25, -0.2) is 0 Å². The minimum Gasteiger partial charge on any atom is -0.467 e.